The van der Waals surface area contributed by atoms with E-state index in [9.17, 15) is 14.7 Å². The fourth-order valence-corrected chi connectivity index (χ4v) is 1.38. The average Bonchev–Trinajstić information content (AvgIpc) is 2.31. The van der Waals surface area contributed by atoms with Gasteiger partial charge in [-0.2, -0.15) is 0 Å². The number of amides is 2. The number of carbonyl (C=O) groups is 2. The van der Waals surface area contributed by atoms with Gasteiger partial charge >= 0.3 is 12.0 Å². The number of hydrogen-bond acceptors (Lipinski definition) is 3. The molecule has 1 aromatic rings. The average molecular weight is 262 g/mol. The Bertz CT molecular complexity index is 534. The lowest BCUT2D eigenvalue weighted by Gasteiger charge is -2.13. The maximum Gasteiger partial charge on any atom is 0.335 e. The van der Waals surface area contributed by atoms with Gasteiger partial charge in [0, 0.05) is 12.5 Å². The summed E-state index contributed by atoms with van der Waals surface area (Å²) in [6.07, 6.45) is 5.50. The zero-order valence-corrected chi connectivity index (χ0v) is 10.3. The molecule has 0 heterocycles. The van der Waals surface area contributed by atoms with Crippen LogP contribution in [-0.2, 0) is 0 Å². The molecule has 1 atom stereocenters. The van der Waals surface area contributed by atoms with Crippen LogP contribution in [0.15, 0.2) is 18.2 Å². The number of nitrogens with one attached hydrogen (secondary N) is 2. The van der Waals surface area contributed by atoms with Crippen LogP contribution >= 0.6 is 0 Å². The molecule has 19 heavy (non-hydrogen) atoms. The second-order valence-electron chi connectivity index (χ2n) is 3.94. The van der Waals surface area contributed by atoms with Crippen molar-refractivity contribution in [3.63, 3.8) is 0 Å². The van der Waals surface area contributed by atoms with Gasteiger partial charge in [0.1, 0.15) is 5.75 Å². The molecular formula is C13H14N2O4. The number of benzene rings is 1. The summed E-state index contributed by atoms with van der Waals surface area (Å²) in [5.74, 6) is 0.933. The van der Waals surface area contributed by atoms with Crippen molar-refractivity contribution in [2.24, 2.45) is 0 Å². The second kappa shape index (κ2) is 6.31. The van der Waals surface area contributed by atoms with Crippen molar-refractivity contribution >= 4 is 17.7 Å². The fourth-order valence-electron chi connectivity index (χ4n) is 1.38. The molecule has 1 rings (SSSR count). The van der Waals surface area contributed by atoms with E-state index in [2.05, 4.69) is 16.6 Å². The largest absolute Gasteiger partial charge is 0.506 e. The number of aromatic hydroxyl groups is 1. The number of phenolic OH excluding ortho intramolecular Hbond substituents is 1. The van der Waals surface area contributed by atoms with Crippen LogP contribution < -0.4 is 10.6 Å². The zero-order chi connectivity index (χ0) is 14.4. The normalized spacial score (nSPS) is 11.2. The molecule has 6 nitrogen and oxygen atoms in total. The lowest BCUT2D eigenvalue weighted by molar-refractivity contribution is 0.0696. The van der Waals surface area contributed by atoms with Crippen LogP contribution in [0.5, 0.6) is 5.75 Å². The van der Waals surface area contributed by atoms with Crippen molar-refractivity contribution in [2.45, 2.75) is 19.4 Å². The minimum absolute atomic E-state index is 0.0656. The molecule has 0 aliphatic heterocycles. The lowest BCUT2D eigenvalue weighted by atomic mass is 10.2. The summed E-state index contributed by atoms with van der Waals surface area (Å²) in [4.78, 5) is 22.2. The summed E-state index contributed by atoms with van der Waals surface area (Å²) in [5, 5.41) is 23.3. The summed E-state index contributed by atoms with van der Waals surface area (Å²) >= 11 is 0. The molecule has 100 valence electrons. The number of terminal acetylenes is 1. The van der Waals surface area contributed by atoms with Gasteiger partial charge in [-0.15, -0.1) is 12.3 Å². The number of anilines is 1. The molecule has 0 fully saturated rings. The fraction of sp³-hybridized carbons (Fsp3) is 0.231. The van der Waals surface area contributed by atoms with Crippen molar-refractivity contribution in [3.8, 4) is 18.1 Å². The number of carbonyl (C=O) groups excluding carboxylic acids is 1. The van der Waals surface area contributed by atoms with Gasteiger partial charge in [-0.3, -0.25) is 0 Å². The Kier molecular flexibility index (Phi) is 4.77. The molecule has 1 unspecified atom stereocenters. The predicted molar refractivity (Wildman–Crippen MR) is 70.1 cm³/mol. The van der Waals surface area contributed by atoms with Gasteiger partial charge in [0.15, 0.2) is 0 Å². The van der Waals surface area contributed by atoms with Crippen LogP contribution in [0.2, 0.25) is 0 Å². The van der Waals surface area contributed by atoms with Crippen molar-refractivity contribution in [3.05, 3.63) is 23.8 Å². The second-order valence-corrected chi connectivity index (χ2v) is 3.94. The molecule has 0 spiro atoms. The van der Waals surface area contributed by atoms with Gasteiger partial charge in [-0.1, -0.05) is 0 Å². The minimum atomic E-state index is -1.16. The van der Waals surface area contributed by atoms with Crippen LogP contribution in [0.1, 0.15) is 23.7 Å². The first kappa shape index (κ1) is 14.4. The molecule has 2 amide bonds. The first-order valence-electron chi connectivity index (χ1n) is 5.51. The van der Waals surface area contributed by atoms with Crippen LogP contribution in [0.3, 0.4) is 0 Å². The summed E-state index contributed by atoms with van der Waals surface area (Å²) < 4.78 is 0. The topological polar surface area (TPSA) is 98.7 Å². The highest BCUT2D eigenvalue weighted by Gasteiger charge is 2.11. The van der Waals surface area contributed by atoms with Crippen LogP contribution in [-0.4, -0.2) is 28.3 Å². The number of phenols is 1. The van der Waals surface area contributed by atoms with E-state index in [4.69, 9.17) is 11.5 Å². The van der Waals surface area contributed by atoms with E-state index >= 15 is 0 Å². The molecule has 1 aromatic carbocycles. The third-order valence-corrected chi connectivity index (χ3v) is 2.29. The minimum Gasteiger partial charge on any atom is -0.506 e. The first-order chi connectivity index (χ1) is 8.93. The van der Waals surface area contributed by atoms with Crippen molar-refractivity contribution < 1.29 is 19.8 Å². The Hall–Kier alpha value is -2.68. The summed E-state index contributed by atoms with van der Waals surface area (Å²) in [6, 6.07) is 2.92. The van der Waals surface area contributed by atoms with E-state index in [1.807, 2.05) is 0 Å². The molecule has 0 aliphatic carbocycles. The van der Waals surface area contributed by atoms with Gasteiger partial charge in [0.25, 0.3) is 0 Å². The summed E-state index contributed by atoms with van der Waals surface area (Å²) in [6.45, 7) is 1.74. The molecule has 0 saturated heterocycles. The third-order valence-electron chi connectivity index (χ3n) is 2.29. The van der Waals surface area contributed by atoms with E-state index in [0.717, 1.165) is 6.07 Å². The first-order valence-corrected chi connectivity index (χ1v) is 5.51. The van der Waals surface area contributed by atoms with Crippen LogP contribution in [0.4, 0.5) is 10.5 Å². The van der Waals surface area contributed by atoms with E-state index in [1.54, 1.807) is 6.92 Å². The van der Waals surface area contributed by atoms with Gasteiger partial charge in [0.2, 0.25) is 0 Å². The SMILES string of the molecule is C#CCC(C)NC(=O)Nc1ccc(C(=O)O)cc1O. The summed E-state index contributed by atoms with van der Waals surface area (Å²) in [5.41, 5.74) is 0.0552. The molecule has 6 heteroatoms. The maximum absolute atomic E-state index is 11.6. The quantitative estimate of drug-likeness (QED) is 0.489. The zero-order valence-electron chi connectivity index (χ0n) is 10.3. The predicted octanol–water partition coefficient (Wildman–Crippen LogP) is 1.62. The van der Waals surface area contributed by atoms with E-state index < -0.39 is 12.0 Å². The van der Waals surface area contributed by atoms with Gasteiger partial charge < -0.3 is 20.8 Å². The maximum atomic E-state index is 11.6. The monoisotopic (exact) mass is 262 g/mol. The number of carboxylic acid groups (broad SMARTS) is 1. The Morgan fingerprint density at radius 3 is 2.68 bits per heavy atom. The lowest BCUT2D eigenvalue weighted by Crippen LogP contribution is -2.35. The Morgan fingerprint density at radius 2 is 2.16 bits per heavy atom. The van der Waals surface area contributed by atoms with Crippen molar-refractivity contribution in [2.75, 3.05) is 5.32 Å². The molecule has 0 saturated carbocycles. The number of hydrogen-bond donors (Lipinski definition) is 4. The van der Waals surface area contributed by atoms with Crippen LogP contribution in [0, 0.1) is 12.3 Å². The van der Waals surface area contributed by atoms with E-state index in [0.29, 0.717) is 6.42 Å². The van der Waals surface area contributed by atoms with Gasteiger partial charge in [-0.05, 0) is 25.1 Å². The van der Waals surface area contributed by atoms with Crippen molar-refractivity contribution in [1.82, 2.24) is 5.32 Å². The molecule has 0 bridgehead atoms. The Labute approximate surface area is 110 Å². The number of aromatic carboxylic acids is 1. The Morgan fingerprint density at radius 1 is 1.47 bits per heavy atom. The van der Waals surface area contributed by atoms with Crippen LogP contribution in [0.25, 0.3) is 0 Å². The molecular weight excluding hydrogens is 248 g/mol. The molecule has 0 radical (unpaired) electrons. The van der Waals surface area contributed by atoms with E-state index in [-0.39, 0.29) is 23.0 Å². The highest BCUT2D eigenvalue weighted by Crippen LogP contribution is 2.24. The molecule has 4 N–H and O–H groups in total. The third kappa shape index (κ3) is 4.24. The van der Waals surface area contributed by atoms with Crippen molar-refractivity contribution in [1.29, 1.82) is 0 Å². The molecule has 0 aromatic heterocycles. The number of carboxylic acids is 1. The highest BCUT2D eigenvalue weighted by molar-refractivity contribution is 5.93. The summed E-state index contributed by atoms with van der Waals surface area (Å²) in [7, 11) is 0. The Balaban J connectivity index is 2.70. The highest BCUT2D eigenvalue weighted by atomic mass is 16.4. The number of rotatable bonds is 4. The van der Waals surface area contributed by atoms with E-state index in [1.165, 1.54) is 12.1 Å². The standard InChI is InChI=1S/C13H14N2O4/c1-3-4-8(2)14-13(19)15-10-6-5-9(12(17)18)7-11(10)16/h1,5-8,16H,4H2,2H3,(H,17,18)(H2,14,15,19). The molecule has 0 aliphatic rings. The van der Waals surface area contributed by atoms with Gasteiger partial charge in [-0.25, -0.2) is 9.59 Å². The van der Waals surface area contributed by atoms with Gasteiger partial charge in [0.05, 0.1) is 11.3 Å². The number of urea groups is 1. The smallest absolute Gasteiger partial charge is 0.335 e.